The molecule has 0 saturated heterocycles. The predicted molar refractivity (Wildman–Crippen MR) is 96.1 cm³/mol. The van der Waals surface area contributed by atoms with Gasteiger partial charge in [-0.2, -0.15) is 6.20 Å². The normalized spacial score (nSPS) is 9.78. The zero-order valence-electron chi connectivity index (χ0n) is 14.7. The van der Waals surface area contributed by atoms with E-state index in [0.29, 0.717) is 5.92 Å². The molecule has 23 heavy (non-hydrogen) atoms. The fourth-order valence-electron chi connectivity index (χ4n) is 1.82. The van der Waals surface area contributed by atoms with E-state index >= 15 is 0 Å². The molecule has 0 atom stereocenters. The molecule has 1 aromatic heterocycles. The maximum atomic E-state index is 4.83. The molecule has 0 fully saturated rings. The number of hydrogen-bond acceptors (Lipinski definition) is 2. The zero-order chi connectivity index (χ0) is 15.5. The van der Waals surface area contributed by atoms with Gasteiger partial charge in [-0.05, 0) is 31.4 Å². The van der Waals surface area contributed by atoms with Gasteiger partial charge in [0.1, 0.15) is 0 Å². The Bertz CT molecular complexity index is 520. The molecule has 2 aromatic rings. The summed E-state index contributed by atoms with van der Waals surface area (Å²) in [6, 6.07) is 12.1. The first-order chi connectivity index (χ1) is 10.2. The minimum Gasteiger partial charge on any atom is -0.663 e. The van der Waals surface area contributed by atoms with E-state index in [0.717, 1.165) is 24.6 Å². The number of aliphatic imine (C=N–C) groups is 1. The van der Waals surface area contributed by atoms with Crippen LogP contribution in [0.3, 0.4) is 0 Å². The van der Waals surface area contributed by atoms with Crippen molar-refractivity contribution in [2.45, 2.75) is 33.6 Å². The number of hydrogen-bond donors (Lipinski definition) is 0. The van der Waals surface area contributed by atoms with Gasteiger partial charge in [0.25, 0.3) is 0 Å². The summed E-state index contributed by atoms with van der Waals surface area (Å²) in [5, 5.41) is 0. The van der Waals surface area contributed by atoms with E-state index < -0.39 is 0 Å². The molecule has 0 unspecified atom stereocenters. The van der Waals surface area contributed by atoms with Crippen molar-refractivity contribution in [3.8, 4) is 0 Å². The van der Waals surface area contributed by atoms with Crippen LogP contribution in [-0.4, -0.2) is 19.4 Å². The molecule has 3 nitrogen and oxygen atoms in total. The Kier molecular flexibility index (Phi) is 15.0. The van der Waals surface area contributed by atoms with Crippen molar-refractivity contribution in [1.29, 1.82) is 0 Å². The van der Waals surface area contributed by atoms with Crippen LogP contribution in [0.25, 0.3) is 0 Å². The van der Waals surface area contributed by atoms with Gasteiger partial charge in [0.05, 0.1) is 5.69 Å². The van der Waals surface area contributed by atoms with Crippen molar-refractivity contribution >= 4 is 11.9 Å². The topological polar surface area (TPSA) is 35.7 Å². The maximum Gasteiger partial charge on any atom is 2.00 e. The van der Waals surface area contributed by atoms with E-state index in [2.05, 4.69) is 36.0 Å². The summed E-state index contributed by atoms with van der Waals surface area (Å²) < 4.78 is 4.83. The molecule has 0 saturated carbocycles. The molecule has 0 spiro atoms. The van der Waals surface area contributed by atoms with Crippen LogP contribution >= 0.6 is 0 Å². The van der Waals surface area contributed by atoms with Crippen molar-refractivity contribution in [2.75, 3.05) is 13.2 Å². The average Bonchev–Trinajstić information content (AvgIpc) is 3.00. The van der Waals surface area contributed by atoms with E-state index in [4.69, 9.17) is 4.74 Å². The maximum absolute atomic E-state index is 4.83. The Balaban J connectivity index is 0. The number of benzene rings is 1. The molecule has 1 heterocycles. The fraction of sp³-hybridized carbons (Fsp3) is 0.368. The Labute approximate surface area is 155 Å². The van der Waals surface area contributed by atoms with Gasteiger partial charge in [0, 0.05) is 19.4 Å². The first-order valence-electron chi connectivity index (χ1n) is 7.47. The van der Waals surface area contributed by atoms with Crippen LogP contribution in [0.1, 0.15) is 44.9 Å². The Hall–Kier alpha value is -1.21. The summed E-state index contributed by atoms with van der Waals surface area (Å²) in [5.41, 5.74) is 3.20. The third kappa shape index (κ3) is 9.51. The van der Waals surface area contributed by atoms with Crippen molar-refractivity contribution in [3.63, 3.8) is 0 Å². The summed E-state index contributed by atoms with van der Waals surface area (Å²) in [4.78, 5) is 8.64. The molecule has 0 aliphatic rings. The minimum atomic E-state index is 0. The molecule has 1 aromatic carbocycles. The van der Waals surface area contributed by atoms with Crippen LogP contribution in [0.4, 0.5) is 5.69 Å². The summed E-state index contributed by atoms with van der Waals surface area (Å²) in [5.74, 6) is 0.487. The zero-order valence-corrected chi connectivity index (χ0v) is 16.3. The quantitative estimate of drug-likeness (QED) is 0.397. The average molecular weight is 407 g/mol. The number of para-hydroxylation sites is 1. The van der Waals surface area contributed by atoms with Gasteiger partial charge >= 0.3 is 20.4 Å². The van der Waals surface area contributed by atoms with E-state index in [9.17, 15) is 0 Å². The minimum absolute atomic E-state index is 0. The molecular formula is C19H28N2OPd. The SMILES string of the molecule is CC(C)c1ccccc1N=Cc1ccc[n-]1.CCOCC.[CH3-].[Pd+2]. The summed E-state index contributed by atoms with van der Waals surface area (Å²) >= 11 is 0. The van der Waals surface area contributed by atoms with Crippen LogP contribution in [0.2, 0.25) is 0 Å². The third-order valence-electron chi connectivity index (χ3n) is 2.88. The molecular weight excluding hydrogens is 379 g/mol. The summed E-state index contributed by atoms with van der Waals surface area (Å²) in [7, 11) is 0. The first kappa shape index (κ1) is 24.1. The Morgan fingerprint density at radius 2 is 1.74 bits per heavy atom. The Morgan fingerprint density at radius 1 is 1.09 bits per heavy atom. The van der Waals surface area contributed by atoms with Crippen LogP contribution in [-0.2, 0) is 25.2 Å². The van der Waals surface area contributed by atoms with Gasteiger partial charge in [0.2, 0.25) is 0 Å². The van der Waals surface area contributed by atoms with Gasteiger partial charge in [-0.25, -0.2) is 0 Å². The van der Waals surface area contributed by atoms with E-state index in [1.807, 2.05) is 38.1 Å². The Morgan fingerprint density at radius 3 is 2.22 bits per heavy atom. The van der Waals surface area contributed by atoms with Gasteiger partial charge < -0.3 is 17.1 Å². The first-order valence-corrected chi connectivity index (χ1v) is 7.47. The standard InChI is InChI=1S/C14H15N2.C4H10O.CH3.Pd/c1-11(2)13-7-3-4-8-14(13)16-10-12-6-5-9-15-12;1-3-5-4-2;;/h3-11H,1-2H3;3-4H2,1-2H3;1H3;/q-1;;-1;+2. The van der Waals surface area contributed by atoms with Gasteiger partial charge in [-0.15, -0.1) is 5.69 Å². The van der Waals surface area contributed by atoms with Crippen LogP contribution in [0.5, 0.6) is 0 Å². The van der Waals surface area contributed by atoms with Crippen molar-refractivity contribution < 1.29 is 25.2 Å². The number of nitrogens with zero attached hydrogens (tertiary/aromatic N) is 2. The van der Waals surface area contributed by atoms with Crippen molar-refractivity contribution in [1.82, 2.24) is 4.98 Å². The molecule has 0 radical (unpaired) electrons. The van der Waals surface area contributed by atoms with Crippen LogP contribution < -0.4 is 4.98 Å². The molecule has 0 N–H and O–H groups in total. The summed E-state index contributed by atoms with van der Waals surface area (Å²) in [6.07, 6.45) is 3.58. The van der Waals surface area contributed by atoms with E-state index in [1.165, 1.54) is 5.56 Å². The largest absolute Gasteiger partial charge is 2.00 e. The molecule has 130 valence electrons. The summed E-state index contributed by atoms with van der Waals surface area (Å²) in [6.45, 7) is 10.0. The van der Waals surface area contributed by atoms with Crippen molar-refractivity contribution in [3.05, 3.63) is 61.3 Å². The molecule has 0 bridgehead atoms. The second-order valence-corrected chi connectivity index (χ2v) is 4.82. The van der Waals surface area contributed by atoms with E-state index in [-0.39, 0.29) is 27.8 Å². The van der Waals surface area contributed by atoms with Gasteiger partial charge in [-0.3, -0.25) is 4.99 Å². The number of aromatic nitrogens is 1. The van der Waals surface area contributed by atoms with Crippen LogP contribution in [0.15, 0.2) is 47.6 Å². The van der Waals surface area contributed by atoms with Gasteiger partial charge in [0.15, 0.2) is 0 Å². The second-order valence-electron chi connectivity index (χ2n) is 4.82. The van der Waals surface area contributed by atoms with Crippen molar-refractivity contribution in [2.24, 2.45) is 4.99 Å². The second kappa shape index (κ2) is 14.4. The van der Waals surface area contributed by atoms with Crippen LogP contribution in [0, 0.1) is 7.43 Å². The monoisotopic (exact) mass is 406 g/mol. The number of ether oxygens (including phenoxy) is 1. The van der Waals surface area contributed by atoms with Gasteiger partial charge in [-0.1, -0.05) is 44.2 Å². The molecule has 0 amide bonds. The molecule has 0 aliphatic carbocycles. The fourth-order valence-corrected chi connectivity index (χ4v) is 1.82. The molecule has 0 aliphatic heterocycles. The smallest absolute Gasteiger partial charge is 0.663 e. The molecule has 4 heteroatoms. The number of rotatable bonds is 5. The predicted octanol–water partition coefficient (Wildman–Crippen LogP) is 5.01. The molecule has 2 rings (SSSR count). The third-order valence-corrected chi connectivity index (χ3v) is 2.88. The van der Waals surface area contributed by atoms with E-state index in [1.54, 1.807) is 12.4 Å².